The highest BCUT2D eigenvalue weighted by molar-refractivity contribution is 5.81. The third-order valence-corrected chi connectivity index (χ3v) is 3.37. The second-order valence-electron chi connectivity index (χ2n) is 5.24. The van der Waals surface area contributed by atoms with Gasteiger partial charge in [0.2, 0.25) is 5.91 Å². The van der Waals surface area contributed by atoms with Gasteiger partial charge in [0.15, 0.2) is 0 Å². The van der Waals surface area contributed by atoms with Crippen LogP contribution in [-0.4, -0.2) is 32.1 Å². The summed E-state index contributed by atoms with van der Waals surface area (Å²) in [6, 6.07) is 5.28. The van der Waals surface area contributed by atoms with Gasteiger partial charge in [0.05, 0.1) is 6.54 Å². The van der Waals surface area contributed by atoms with Crippen molar-refractivity contribution >= 4 is 11.6 Å². The summed E-state index contributed by atoms with van der Waals surface area (Å²) in [5.41, 5.74) is 1.79. The number of benzene rings is 1. The fraction of sp³-hybridized carbons (Fsp3) is 0.533. The Morgan fingerprint density at radius 3 is 2.85 bits per heavy atom. The molecule has 1 aromatic rings. The molecule has 0 unspecified atom stereocenters. The first kappa shape index (κ1) is 14.8. The molecule has 0 bridgehead atoms. The van der Waals surface area contributed by atoms with Crippen molar-refractivity contribution in [1.29, 1.82) is 0 Å². The van der Waals surface area contributed by atoms with Crippen LogP contribution in [-0.2, 0) is 11.3 Å². The third-order valence-electron chi connectivity index (χ3n) is 3.37. The summed E-state index contributed by atoms with van der Waals surface area (Å²) < 4.78 is 13.4. The lowest BCUT2D eigenvalue weighted by molar-refractivity contribution is -0.119. The highest BCUT2D eigenvalue weighted by Crippen LogP contribution is 2.23. The number of hydrogen-bond donors (Lipinski definition) is 2. The highest BCUT2D eigenvalue weighted by atomic mass is 19.1. The lowest BCUT2D eigenvalue weighted by atomic mass is 10.1. The van der Waals surface area contributed by atoms with Crippen molar-refractivity contribution in [3.8, 4) is 0 Å². The maximum Gasteiger partial charge on any atom is 0.239 e. The van der Waals surface area contributed by atoms with Crippen molar-refractivity contribution in [1.82, 2.24) is 10.6 Å². The number of hydrogen-bond acceptors (Lipinski definition) is 3. The van der Waals surface area contributed by atoms with Gasteiger partial charge in [0, 0.05) is 31.9 Å². The van der Waals surface area contributed by atoms with Gasteiger partial charge in [-0.3, -0.25) is 4.79 Å². The largest absolute Gasteiger partial charge is 0.365 e. The van der Waals surface area contributed by atoms with E-state index in [1.807, 2.05) is 18.9 Å². The third kappa shape index (κ3) is 4.20. The Balaban J connectivity index is 2.05. The number of carbonyl (C=O) groups is 1. The fourth-order valence-corrected chi connectivity index (χ4v) is 2.16. The van der Waals surface area contributed by atoms with E-state index in [-0.39, 0.29) is 18.3 Å². The molecule has 0 aliphatic heterocycles. The van der Waals surface area contributed by atoms with Gasteiger partial charge in [-0.05, 0) is 43.5 Å². The summed E-state index contributed by atoms with van der Waals surface area (Å²) in [5, 5.41) is 6.15. The van der Waals surface area contributed by atoms with Crippen LogP contribution >= 0.6 is 0 Å². The molecule has 1 aliphatic rings. The van der Waals surface area contributed by atoms with Crippen molar-refractivity contribution in [3.05, 3.63) is 29.6 Å². The average molecular weight is 279 g/mol. The van der Waals surface area contributed by atoms with E-state index >= 15 is 0 Å². The van der Waals surface area contributed by atoms with E-state index in [9.17, 15) is 9.18 Å². The predicted molar refractivity (Wildman–Crippen MR) is 78.2 cm³/mol. The van der Waals surface area contributed by atoms with Gasteiger partial charge in [-0.1, -0.05) is 0 Å². The fourth-order valence-electron chi connectivity index (χ4n) is 2.16. The zero-order valence-corrected chi connectivity index (χ0v) is 12.1. The maximum atomic E-state index is 13.4. The van der Waals surface area contributed by atoms with E-state index in [1.54, 1.807) is 12.1 Å². The minimum absolute atomic E-state index is 0.0274. The van der Waals surface area contributed by atoms with Crippen molar-refractivity contribution in [3.63, 3.8) is 0 Å². The first-order chi connectivity index (χ1) is 9.60. The van der Waals surface area contributed by atoms with E-state index in [1.165, 1.54) is 18.9 Å². The number of anilines is 1. The zero-order chi connectivity index (χ0) is 14.5. The molecular weight excluding hydrogens is 257 g/mol. The van der Waals surface area contributed by atoms with Crippen LogP contribution in [0.25, 0.3) is 0 Å². The van der Waals surface area contributed by atoms with Crippen LogP contribution in [0.1, 0.15) is 25.3 Å². The van der Waals surface area contributed by atoms with E-state index in [2.05, 4.69) is 10.6 Å². The summed E-state index contributed by atoms with van der Waals surface area (Å²) in [5.74, 6) is -0.270. The first-order valence-electron chi connectivity index (χ1n) is 7.09. The number of amides is 1. The Morgan fingerprint density at radius 1 is 1.45 bits per heavy atom. The van der Waals surface area contributed by atoms with Gasteiger partial charge in [-0.15, -0.1) is 0 Å². The Labute approximate surface area is 119 Å². The molecule has 1 aromatic carbocycles. The second kappa shape index (κ2) is 6.70. The number of carbonyl (C=O) groups excluding carboxylic acids is 1. The lowest BCUT2D eigenvalue weighted by Gasteiger charge is -2.22. The molecule has 0 saturated heterocycles. The van der Waals surface area contributed by atoms with E-state index < -0.39 is 0 Å². The van der Waals surface area contributed by atoms with E-state index in [0.717, 1.165) is 11.3 Å². The maximum absolute atomic E-state index is 13.4. The number of nitrogens with one attached hydrogen (secondary N) is 2. The number of rotatable bonds is 7. The molecule has 20 heavy (non-hydrogen) atoms. The predicted octanol–water partition coefficient (Wildman–Crippen LogP) is 1.65. The summed E-state index contributed by atoms with van der Waals surface area (Å²) in [4.78, 5) is 13.5. The van der Waals surface area contributed by atoms with Gasteiger partial charge < -0.3 is 15.5 Å². The highest BCUT2D eigenvalue weighted by Gasteiger charge is 2.21. The Morgan fingerprint density at radius 2 is 2.20 bits per heavy atom. The molecular formula is C15H22FN3O. The quantitative estimate of drug-likeness (QED) is 0.797. The van der Waals surface area contributed by atoms with Gasteiger partial charge in [-0.2, -0.15) is 0 Å². The van der Waals surface area contributed by atoms with Gasteiger partial charge in [-0.25, -0.2) is 4.39 Å². The molecule has 4 nitrogen and oxygen atoms in total. The molecule has 1 saturated carbocycles. The first-order valence-corrected chi connectivity index (χ1v) is 7.09. The SMILES string of the molecule is CCNC(=O)CN(C)c1ccc(F)cc1CNC1CC1. The zero-order valence-electron chi connectivity index (χ0n) is 12.1. The number of likely N-dealkylation sites (N-methyl/N-ethyl adjacent to an activating group) is 2. The minimum atomic E-state index is -0.243. The van der Waals surface area contributed by atoms with Crippen molar-refractivity contribution in [2.45, 2.75) is 32.4 Å². The summed E-state index contributed by atoms with van der Waals surface area (Å²) in [6.07, 6.45) is 2.39. The molecule has 110 valence electrons. The summed E-state index contributed by atoms with van der Waals surface area (Å²) >= 11 is 0. The van der Waals surface area contributed by atoms with Crippen molar-refractivity contribution < 1.29 is 9.18 Å². The van der Waals surface area contributed by atoms with Crippen molar-refractivity contribution in [2.24, 2.45) is 0 Å². The van der Waals surface area contributed by atoms with Crippen LogP contribution in [0.3, 0.4) is 0 Å². The molecule has 1 fully saturated rings. The normalized spacial score (nSPS) is 14.2. The molecule has 0 aromatic heterocycles. The van der Waals surface area contributed by atoms with Gasteiger partial charge in [0.1, 0.15) is 5.82 Å². The number of halogens is 1. The Kier molecular flexibility index (Phi) is 4.95. The van der Waals surface area contributed by atoms with Gasteiger partial charge in [0.25, 0.3) is 0 Å². The van der Waals surface area contributed by atoms with Crippen LogP contribution in [0.5, 0.6) is 0 Å². The Hall–Kier alpha value is -1.62. The number of nitrogens with zero attached hydrogens (tertiary/aromatic N) is 1. The summed E-state index contributed by atoms with van der Waals surface area (Å²) in [7, 11) is 1.85. The molecule has 1 amide bonds. The monoisotopic (exact) mass is 279 g/mol. The molecule has 2 rings (SSSR count). The molecule has 0 spiro atoms. The standard InChI is InChI=1S/C15H22FN3O/c1-3-17-15(20)10-19(2)14-7-4-12(16)8-11(14)9-18-13-5-6-13/h4,7-8,13,18H,3,5-6,9-10H2,1-2H3,(H,17,20). The van der Waals surface area contributed by atoms with Crippen LogP contribution in [0.2, 0.25) is 0 Å². The van der Waals surface area contributed by atoms with Gasteiger partial charge >= 0.3 is 0 Å². The second-order valence-corrected chi connectivity index (χ2v) is 5.24. The minimum Gasteiger partial charge on any atom is -0.365 e. The lowest BCUT2D eigenvalue weighted by Crippen LogP contribution is -2.35. The molecule has 0 radical (unpaired) electrons. The van der Waals surface area contributed by atoms with Crippen molar-refractivity contribution in [2.75, 3.05) is 25.0 Å². The van der Waals surface area contributed by atoms with Crippen LogP contribution < -0.4 is 15.5 Å². The van der Waals surface area contributed by atoms with Crippen LogP contribution in [0.4, 0.5) is 10.1 Å². The molecule has 2 N–H and O–H groups in total. The molecule has 0 atom stereocenters. The van der Waals surface area contributed by atoms with Crippen LogP contribution in [0, 0.1) is 5.82 Å². The van der Waals surface area contributed by atoms with E-state index in [0.29, 0.717) is 19.1 Å². The Bertz CT molecular complexity index is 474. The summed E-state index contributed by atoms with van der Waals surface area (Å²) in [6.45, 7) is 3.42. The smallest absolute Gasteiger partial charge is 0.239 e. The van der Waals surface area contributed by atoms with E-state index in [4.69, 9.17) is 0 Å². The molecule has 0 heterocycles. The topological polar surface area (TPSA) is 44.4 Å². The van der Waals surface area contributed by atoms with Crippen LogP contribution in [0.15, 0.2) is 18.2 Å². The molecule has 5 heteroatoms. The average Bonchev–Trinajstić information content (AvgIpc) is 3.20. The molecule has 1 aliphatic carbocycles.